The Labute approximate surface area is 111 Å². The molecule has 1 heteroatoms. The summed E-state index contributed by atoms with van der Waals surface area (Å²) in [7, 11) is 0. The summed E-state index contributed by atoms with van der Waals surface area (Å²) < 4.78 is 0. The summed E-state index contributed by atoms with van der Waals surface area (Å²) in [5, 5.41) is 9.62. The molecule has 1 aliphatic carbocycles. The van der Waals surface area contributed by atoms with Crippen molar-refractivity contribution in [3.8, 4) is 6.07 Å². The SMILES string of the molecule is CC1CCCC1(C#N)c1ccc(C(C)(C)C)cc1. The number of rotatable bonds is 1. The Kier molecular flexibility index (Phi) is 3.23. The second-order valence-corrected chi connectivity index (χ2v) is 6.70. The van der Waals surface area contributed by atoms with Crippen molar-refractivity contribution in [2.75, 3.05) is 0 Å². The van der Waals surface area contributed by atoms with E-state index in [2.05, 4.69) is 58.0 Å². The van der Waals surface area contributed by atoms with Gasteiger partial charge >= 0.3 is 0 Å². The van der Waals surface area contributed by atoms with Crippen molar-refractivity contribution >= 4 is 0 Å². The van der Waals surface area contributed by atoms with Crippen LogP contribution >= 0.6 is 0 Å². The number of hydrogen-bond donors (Lipinski definition) is 0. The summed E-state index contributed by atoms with van der Waals surface area (Å²) in [6.07, 6.45) is 3.36. The molecular weight excluding hydrogens is 218 g/mol. The Morgan fingerprint density at radius 2 is 1.83 bits per heavy atom. The Balaban J connectivity index is 2.38. The summed E-state index contributed by atoms with van der Waals surface area (Å²) in [5.74, 6) is 0.475. The van der Waals surface area contributed by atoms with Gasteiger partial charge < -0.3 is 0 Å². The van der Waals surface area contributed by atoms with Crippen LogP contribution in [0.2, 0.25) is 0 Å². The largest absolute Gasteiger partial charge is 0.197 e. The van der Waals surface area contributed by atoms with Gasteiger partial charge in [0.2, 0.25) is 0 Å². The predicted molar refractivity (Wildman–Crippen MR) is 75.4 cm³/mol. The smallest absolute Gasteiger partial charge is 0.0847 e. The lowest BCUT2D eigenvalue weighted by molar-refractivity contribution is 0.431. The first kappa shape index (κ1) is 13.1. The number of benzene rings is 1. The van der Waals surface area contributed by atoms with E-state index in [0.717, 1.165) is 6.42 Å². The Morgan fingerprint density at radius 1 is 1.22 bits per heavy atom. The van der Waals surface area contributed by atoms with Crippen molar-refractivity contribution in [3.63, 3.8) is 0 Å². The summed E-state index contributed by atoms with van der Waals surface area (Å²) >= 11 is 0. The first-order valence-corrected chi connectivity index (χ1v) is 6.92. The van der Waals surface area contributed by atoms with Gasteiger partial charge in [0.15, 0.2) is 0 Å². The van der Waals surface area contributed by atoms with Gasteiger partial charge in [-0.05, 0) is 35.3 Å². The molecule has 0 N–H and O–H groups in total. The van der Waals surface area contributed by atoms with Gasteiger partial charge in [0.25, 0.3) is 0 Å². The Hall–Kier alpha value is -1.29. The zero-order valence-electron chi connectivity index (χ0n) is 12.0. The molecule has 0 aliphatic heterocycles. The van der Waals surface area contributed by atoms with Crippen LogP contribution in [-0.4, -0.2) is 0 Å². The lowest BCUT2D eigenvalue weighted by Gasteiger charge is -2.28. The second kappa shape index (κ2) is 4.43. The standard InChI is InChI=1S/C17H23N/c1-13-6-5-11-17(13,12-18)15-9-7-14(8-10-15)16(2,3)4/h7-10,13H,5-6,11H2,1-4H3. The predicted octanol–water partition coefficient (Wildman–Crippen LogP) is 4.57. The molecule has 1 aromatic carbocycles. The molecular formula is C17H23N. The highest BCUT2D eigenvalue weighted by Gasteiger charge is 2.42. The number of hydrogen-bond acceptors (Lipinski definition) is 1. The molecule has 1 nitrogen and oxygen atoms in total. The topological polar surface area (TPSA) is 23.8 Å². The normalized spacial score (nSPS) is 28.1. The molecule has 2 unspecified atom stereocenters. The van der Waals surface area contributed by atoms with Crippen molar-refractivity contribution in [2.45, 2.75) is 57.8 Å². The average Bonchev–Trinajstić information content (AvgIpc) is 2.71. The minimum Gasteiger partial charge on any atom is -0.197 e. The fourth-order valence-corrected chi connectivity index (χ4v) is 3.11. The van der Waals surface area contributed by atoms with Gasteiger partial charge in [-0.2, -0.15) is 5.26 Å². The van der Waals surface area contributed by atoms with Crippen LogP contribution < -0.4 is 0 Å². The van der Waals surface area contributed by atoms with Crippen molar-refractivity contribution in [2.24, 2.45) is 5.92 Å². The summed E-state index contributed by atoms with van der Waals surface area (Å²) in [6.45, 7) is 8.88. The zero-order valence-corrected chi connectivity index (χ0v) is 12.0. The van der Waals surface area contributed by atoms with E-state index in [-0.39, 0.29) is 10.8 Å². The molecule has 0 heterocycles. The molecule has 0 bridgehead atoms. The summed E-state index contributed by atoms with van der Waals surface area (Å²) in [4.78, 5) is 0. The molecule has 18 heavy (non-hydrogen) atoms. The monoisotopic (exact) mass is 241 g/mol. The number of nitriles is 1. The van der Waals surface area contributed by atoms with Gasteiger partial charge in [-0.15, -0.1) is 0 Å². The lowest BCUT2D eigenvalue weighted by atomic mass is 9.73. The van der Waals surface area contributed by atoms with Crippen molar-refractivity contribution in [1.82, 2.24) is 0 Å². The van der Waals surface area contributed by atoms with Crippen molar-refractivity contribution in [3.05, 3.63) is 35.4 Å². The van der Waals surface area contributed by atoms with Crippen molar-refractivity contribution in [1.29, 1.82) is 5.26 Å². The van der Waals surface area contributed by atoms with E-state index in [1.54, 1.807) is 0 Å². The molecule has 1 saturated carbocycles. The van der Waals surface area contributed by atoms with Crippen LogP contribution in [-0.2, 0) is 10.8 Å². The maximum atomic E-state index is 9.62. The van der Waals surface area contributed by atoms with Crippen LogP contribution in [0.25, 0.3) is 0 Å². The molecule has 0 amide bonds. The molecule has 0 saturated heterocycles. The molecule has 0 spiro atoms. The van der Waals surface area contributed by atoms with Crippen molar-refractivity contribution < 1.29 is 0 Å². The van der Waals surface area contributed by atoms with Crippen LogP contribution in [0, 0.1) is 17.2 Å². The van der Waals surface area contributed by atoms with E-state index in [0.29, 0.717) is 5.92 Å². The highest BCUT2D eigenvalue weighted by atomic mass is 14.5. The maximum absolute atomic E-state index is 9.62. The first-order valence-electron chi connectivity index (χ1n) is 6.92. The van der Waals surface area contributed by atoms with Gasteiger partial charge in [-0.3, -0.25) is 0 Å². The molecule has 0 radical (unpaired) electrons. The fraction of sp³-hybridized carbons (Fsp3) is 0.588. The van der Waals surface area contributed by atoms with Gasteiger partial charge in [0.05, 0.1) is 11.5 Å². The summed E-state index contributed by atoms with van der Waals surface area (Å²) in [6, 6.07) is 11.3. The highest BCUT2D eigenvalue weighted by Crippen LogP contribution is 2.45. The molecule has 2 rings (SSSR count). The average molecular weight is 241 g/mol. The zero-order chi connectivity index (χ0) is 13.4. The van der Waals surface area contributed by atoms with E-state index in [9.17, 15) is 5.26 Å². The molecule has 1 aromatic rings. The molecule has 1 fully saturated rings. The van der Waals surface area contributed by atoms with Crippen LogP contribution in [0.3, 0.4) is 0 Å². The van der Waals surface area contributed by atoms with E-state index in [4.69, 9.17) is 0 Å². The number of nitrogens with zero attached hydrogens (tertiary/aromatic N) is 1. The second-order valence-electron chi connectivity index (χ2n) is 6.70. The fourth-order valence-electron chi connectivity index (χ4n) is 3.11. The highest BCUT2D eigenvalue weighted by molar-refractivity contribution is 5.38. The van der Waals surface area contributed by atoms with Crippen LogP contribution in [0.15, 0.2) is 24.3 Å². The summed E-state index contributed by atoms with van der Waals surface area (Å²) in [5.41, 5.74) is 2.49. The molecule has 1 aliphatic rings. The van der Waals surface area contributed by atoms with Crippen LogP contribution in [0.4, 0.5) is 0 Å². The van der Waals surface area contributed by atoms with E-state index >= 15 is 0 Å². The Bertz CT molecular complexity index is 458. The van der Waals surface area contributed by atoms with E-state index in [1.807, 2.05) is 0 Å². The molecule has 0 aromatic heterocycles. The van der Waals surface area contributed by atoms with Gasteiger partial charge in [0, 0.05) is 0 Å². The van der Waals surface area contributed by atoms with Gasteiger partial charge in [-0.25, -0.2) is 0 Å². The quantitative estimate of drug-likeness (QED) is 0.706. The van der Waals surface area contributed by atoms with E-state index < -0.39 is 0 Å². The third kappa shape index (κ3) is 2.05. The lowest BCUT2D eigenvalue weighted by Crippen LogP contribution is -2.27. The van der Waals surface area contributed by atoms with Crippen LogP contribution in [0.1, 0.15) is 58.1 Å². The van der Waals surface area contributed by atoms with Gasteiger partial charge in [-0.1, -0.05) is 58.4 Å². The molecule has 2 atom stereocenters. The Morgan fingerprint density at radius 3 is 2.22 bits per heavy atom. The third-order valence-corrected chi connectivity index (χ3v) is 4.52. The minimum atomic E-state index is -0.240. The first-order chi connectivity index (χ1) is 8.40. The van der Waals surface area contributed by atoms with Gasteiger partial charge in [0.1, 0.15) is 0 Å². The maximum Gasteiger partial charge on any atom is 0.0847 e. The minimum absolute atomic E-state index is 0.180. The third-order valence-electron chi connectivity index (χ3n) is 4.52. The van der Waals surface area contributed by atoms with E-state index in [1.165, 1.54) is 24.0 Å². The van der Waals surface area contributed by atoms with Crippen LogP contribution in [0.5, 0.6) is 0 Å². The molecule has 96 valence electrons.